The molecular weight excluding hydrogens is 578 g/mol. The fourth-order valence-corrected chi connectivity index (χ4v) is 8.20. The molecule has 43 heavy (non-hydrogen) atoms. The Labute approximate surface area is 243 Å². The van der Waals surface area contributed by atoms with E-state index in [1.54, 1.807) is 6.92 Å². The highest BCUT2D eigenvalue weighted by atomic mass is 19.4. The number of hydrogen-bond acceptors (Lipinski definition) is 4. The van der Waals surface area contributed by atoms with Gasteiger partial charge in [0.15, 0.2) is 0 Å². The van der Waals surface area contributed by atoms with E-state index in [2.05, 4.69) is 0 Å². The molecule has 4 bridgehead atoms. The molecule has 6 nitrogen and oxygen atoms in total. The molecule has 6 unspecified atom stereocenters. The first-order valence-electron chi connectivity index (χ1n) is 13.9. The van der Waals surface area contributed by atoms with Crippen LogP contribution < -0.4 is 4.90 Å². The van der Waals surface area contributed by atoms with E-state index in [-0.39, 0.29) is 29.7 Å². The van der Waals surface area contributed by atoms with Gasteiger partial charge in [0.1, 0.15) is 0 Å². The molecule has 2 aliphatic heterocycles. The molecule has 4 aliphatic rings. The first-order valence-corrected chi connectivity index (χ1v) is 13.9. The molecule has 2 saturated heterocycles. The second-order valence-corrected chi connectivity index (χ2v) is 12.3. The van der Waals surface area contributed by atoms with Crippen molar-refractivity contribution in [2.75, 3.05) is 11.9 Å². The summed E-state index contributed by atoms with van der Waals surface area (Å²) in [6, 6.07) is 5.27. The number of carbonyl (C=O) groups excluding carboxylic acids is 4. The molecule has 0 radical (unpaired) electrons. The molecule has 12 heteroatoms. The highest BCUT2D eigenvalue weighted by Gasteiger charge is 2.73. The lowest BCUT2D eigenvalue weighted by atomic mass is 9.72. The summed E-state index contributed by atoms with van der Waals surface area (Å²) in [5.74, 6) is -6.73. The number of aryl methyl sites for hydroxylation is 3. The van der Waals surface area contributed by atoms with Crippen LogP contribution in [0.25, 0.3) is 0 Å². The molecule has 0 N–H and O–H groups in total. The van der Waals surface area contributed by atoms with Crippen molar-refractivity contribution in [1.29, 1.82) is 0 Å². The normalized spacial score (nSPS) is 29.1. The van der Waals surface area contributed by atoms with E-state index in [4.69, 9.17) is 0 Å². The van der Waals surface area contributed by atoms with Crippen LogP contribution in [0.3, 0.4) is 0 Å². The lowest BCUT2D eigenvalue weighted by molar-refractivity contribution is -0.288. The Hall–Kier alpha value is -3.70. The van der Waals surface area contributed by atoms with Crippen LogP contribution in [-0.4, -0.2) is 47.9 Å². The van der Waals surface area contributed by atoms with Gasteiger partial charge in [-0.05, 0) is 79.3 Å². The Morgan fingerprint density at radius 1 is 0.605 bits per heavy atom. The number of fused-ring (bicyclic) bond motifs is 9. The third-order valence-electron chi connectivity index (χ3n) is 10.4. The Bertz CT molecular complexity index is 1540. The zero-order valence-electron chi connectivity index (χ0n) is 23.6. The van der Waals surface area contributed by atoms with Crippen LogP contribution in [0.1, 0.15) is 40.7 Å². The molecule has 0 spiro atoms. The number of halogens is 6. The molecule has 2 heterocycles. The Morgan fingerprint density at radius 2 is 1.02 bits per heavy atom. The van der Waals surface area contributed by atoms with E-state index in [1.165, 1.54) is 27.0 Å². The first kappa shape index (κ1) is 29.4. The number of likely N-dealkylation sites (tertiary alicyclic amines) is 1. The van der Waals surface area contributed by atoms with Gasteiger partial charge in [-0.3, -0.25) is 24.1 Å². The lowest BCUT2D eigenvalue weighted by Crippen LogP contribution is -2.55. The van der Waals surface area contributed by atoms with E-state index in [9.17, 15) is 45.5 Å². The standard InChI is InChI=1S/C31H28F6N2O4/c1-13-5-7-16(9-15(13)3)29(30(32,33)34,31(35,36)37)17-8-6-14(2)22(10-17)39-27(42)20-12-21(28(39)43)24-19-11-18(23(20)24)25(40)38(4)26(19)41/h5-10,18-21,23-24H,11-12H2,1-4H3. The van der Waals surface area contributed by atoms with Gasteiger partial charge in [-0.25, -0.2) is 4.90 Å². The van der Waals surface area contributed by atoms with Gasteiger partial charge >= 0.3 is 12.4 Å². The number of alkyl halides is 6. The van der Waals surface area contributed by atoms with Gasteiger partial charge in [0.2, 0.25) is 29.0 Å². The number of benzene rings is 2. The van der Waals surface area contributed by atoms with Crippen molar-refractivity contribution >= 4 is 29.3 Å². The molecular formula is C31H28F6N2O4. The van der Waals surface area contributed by atoms with Gasteiger partial charge in [0, 0.05) is 30.7 Å². The minimum atomic E-state index is -5.85. The number of anilines is 1. The van der Waals surface area contributed by atoms with Gasteiger partial charge in [-0.15, -0.1) is 0 Å². The van der Waals surface area contributed by atoms with E-state index < -0.39 is 88.0 Å². The lowest BCUT2D eigenvalue weighted by Gasteiger charge is -2.40. The zero-order chi connectivity index (χ0) is 31.5. The van der Waals surface area contributed by atoms with Gasteiger partial charge < -0.3 is 0 Å². The molecule has 4 fully saturated rings. The van der Waals surface area contributed by atoms with Crippen LogP contribution >= 0.6 is 0 Å². The molecule has 6 rings (SSSR count). The smallest absolute Gasteiger partial charge is 0.285 e. The van der Waals surface area contributed by atoms with Crippen LogP contribution in [0, 0.1) is 56.3 Å². The van der Waals surface area contributed by atoms with Gasteiger partial charge in [-0.2, -0.15) is 26.3 Å². The van der Waals surface area contributed by atoms with Crippen LogP contribution in [0.15, 0.2) is 36.4 Å². The number of nitrogens with zero attached hydrogens (tertiary/aromatic N) is 2. The molecule has 228 valence electrons. The second kappa shape index (κ2) is 9.15. The third-order valence-corrected chi connectivity index (χ3v) is 10.4. The van der Waals surface area contributed by atoms with Gasteiger partial charge in [0.25, 0.3) is 0 Å². The maximum Gasteiger partial charge on any atom is 0.411 e. The van der Waals surface area contributed by atoms with Crippen molar-refractivity contribution in [1.82, 2.24) is 4.90 Å². The summed E-state index contributed by atoms with van der Waals surface area (Å²) in [4.78, 5) is 55.4. The first-order chi connectivity index (χ1) is 19.9. The van der Waals surface area contributed by atoms with Gasteiger partial charge in [0.05, 0.1) is 5.69 Å². The maximum atomic E-state index is 14.9. The summed E-state index contributed by atoms with van der Waals surface area (Å²) in [6.07, 6.45) is -11.4. The van der Waals surface area contributed by atoms with E-state index in [0.717, 1.165) is 29.2 Å². The molecule has 2 saturated carbocycles. The van der Waals surface area contributed by atoms with Crippen molar-refractivity contribution in [3.63, 3.8) is 0 Å². The predicted octanol–water partition coefficient (Wildman–Crippen LogP) is 5.40. The van der Waals surface area contributed by atoms with Crippen LogP contribution in [-0.2, 0) is 24.6 Å². The van der Waals surface area contributed by atoms with Crippen LogP contribution in [0.2, 0.25) is 0 Å². The summed E-state index contributed by atoms with van der Waals surface area (Å²) in [5, 5.41) is 0. The van der Waals surface area contributed by atoms with Crippen molar-refractivity contribution < 1.29 is 45.5 Å². The SMILES string of the molecule is Cc1ccc(C(c2ccc(C)c(N3C(=O)C4CC(C3=O)C3C5CC(C(=O)N(C)C5=O)C43)c2)(C(F)(F)F)C(F)(F)F)cc1C. The highest BCUT2D eigenvalue weighted by molar-refractivity contribution is 6.20. The van der Waals surface area contributed by atoms with Crippen molar-refractivity contribution in [3.8, 4) is 0 Å². The third kappa shape index (κ3) is 3.73. The number of imide groups is 2. The summed E-state index contributed by atoms with van der Waals surface area (Å²) in [5.41, 5.74) is -6.19. The van der Waals surface area contributed by atoms with E-state index in [0.29, 0.717) is 16.5 Å². The topological polar surface area (TPSA) is 74.8 Å². The molecule has 4 amide bonds. The summed E-state index contributed by atoms with van der Waals surface area (Å²) >= 11 is 0. The molecule has 2 aromatic rings. The number of piperidine rings is 2. The van der Waals surface area contributed by atoms with Gasteiger partial charge in [-0.1, -0.05) is 30.3 Å². The highest BCUT2D eigenvalue weighted by Crippen LogP contribution is 2.62. The number of amides is 4. The van der Waals surface area contributed by atoms with E-state index in [1.807, 2.05) is 0 Å². The molecule has 2 aromatic carbocycles. The van der Waals surface area contributed by atoms with Crippen molar-refractivity contribution in [2.24, 2.45) is 35.5 Å². The minimum absolute atomic E-state index is 0.0806. The van der Waals surface area contributed by atoms with Crippen molar-refractivity contribution in [3.05, 3.63) is 64.2 Å². The fourth-order valence-electron chi connectivity index (χ4n) is 8.20. The minimum Gasteiger partial charge on any atom is -0.285 e. The molecule has 6 atom stereocenters. The Morgan fingerprint density at radius 3 is 1.47 bits per heavy atom. The number of carbonyl (C=O) groups is 4. The van der Waals surface area contributed by atoms with Crippen LogP contribution in [0.4, 0.5) is 32.0 Å². The van der Waals surface area contributed by atoms with Crippen LogP contribution in [0.5, 0.6) is 0 Å². The number of rotatable bonds is 3. The fraction of sp³-hybridized carbons (Fsp3) is 0.484. The maximum absolute atomic E-state index is 14.9. The van der Waals surface area contributed by atoms with Crippen molar-refractivity contribution in [2.45, 2.75) is 51.4 Å². The second-order valence-electron chi connectivity index (χ2n) is 12.3. The summed E-state index contributed by atoms with van der Waals surface area (Å²) in [7, 11) is 1.36. The predicted molar refractivity (Wildman–Crippen MR) is 140 cm³/mol. The average molecular weight is 607 g/mol. The Kier molecular flexibility index (Phi) is 6.25. The molecule has 2 aliphatic carbocycles. The van der Waals surface area contributed by atoms with E-state index >= 15 is 0 Å². The molecule has 0 aromatic heterocycles. The zero-order valence-corrected chi connectivity index (χ0v) is 23.6. The summed E-state index contributed by atoms with van der Waals surface area (Å²) in [6.45, 7) is 4.38. The average Bonchev–Trinajstić information content (AvgIpc) is 3.44. The quantitative estimate of drug-likeness (QED) is 0.267. The summed E-state index contributed by atoms with van der Waals surface area (Å²) < 4.78 is 89.4. The largest absolute Gasteiger partial charge is 0.411 e. The Balaban J connectivity index is 1.51. The monoisotopic (exact) mass is 606 g/mol. The number of hydrogen-bond donors (Lipinski definition) is 0.